The largest absolute Gasteiger partial charge is 1.00 e. The number of hydrogen-bond donors (Lipinski definition) is 0. The monoisotopic (exact) mass is 740 g/mol. The molecule has 0 amide bonds. The van der Waals surface area contributed by atoms with E-state index in [9.17, 15) is 22.6 Å². The number of ether oxygens (including phenoxy) is 2. The van der Waals surface area contributed by atoms with Gasteiger partial charge < -0.3 is 14.0 Å². The number of hydrogen-bond acceptors (Lipinski definition) is 7. The Hall–Kier alpha value is -1.45. The predicted octanol–water partition coefficient (Wildman–Crippen LogP) is 9.20. The molecule has 0 aliphatic heterocycles. The van der Waals surface area contributed by atoms with Gasteiger partial charge in [0.15, 0.2) is 0 Å². The van der Waals surface area contributed by atoms with Crippen molar-refractivity contribution >= 4 is 22.1 Å². The fourth-order valence-corrected chi connectivity index (χ4v) is 6.78. The summed E-state index contributed by atoms with van der Waals surface area (Å²) in [5.74, 6) is -1.94. The molecule has 9 heteroatoms. The van der Waals surface area contributed by atoms with Crippen LogP contribution in [0.2, 0.25) is 0 Å². The van der Waals surface area contributed by atoms with E-state index in [0.717, 1.165) is 44.6 Å². The number of carbonyl (C=O) groups is 2. The first kappa shape index (κ1) is 49.6. The summed E-state index contributed by atoms with van der Waals surface area (Å²) in [5, 5.41) is 0. The van der Waals surface area contributed by atoms with E-state index in [1.807, 2.05) is 12.2 Å². The molecule has 0 saturated carbocycles. The molecule has 0 spiro atoms. The van der Waals surface area contributed by atoms with Gasteiger partial charge >= 0.3 is 41.5 Å². The Morgan fingerprint density at radius 3 is 1.27 bits per heavy atom. The smallest absolute Gasteiger partial charge is 0.744 e. The molecular weight excluding hydrogens is 672 g/mol. The van der Waals surface area contributed by atoms with Crippen LogP contribution in [0.3, 0.4) is 0 Å². The zero-order valence-electron chi connectivity index (χ0n) is 32.6. The van der Waals surface area contributed by atoms with Crippen LogP contribution in [-0.4, -0.2) is 38.1 Å². The Labute approximate surface area is 334 Å². The van der Waals surface area contributed by atoms with E-state index in [4.69, 9.17) is 9.47 Å². The summed E-state index contributed by atoms with van der Waals surface area (Å²) in [7, 11) is -5.04. The summed E-state index contributed by atoms with van der Waals surface area (Å²) in [6, 6.07) is 3.52. The quantitative estimate of drug-likeness (QED) is 0.0232. The third kappa shape index (κ3) is 26.9. The zero-order chi connectivity index (χ0) is 36.5. The maximum absolute atomic E-state index is 12.9. The average Bonchev–Trinajstić information content (AvgIpc) is 3.10. The van der Waals surface area contributed by atoms with Gasteiger partial charge in [-0.1, -0.05) is 185 Å². The van der Waals surface area contributed by atoms with E-state index >= 15 is 0 Å². The third-order valence-corrected chi connectivity index (χ3v) is 10.0. The van der Waals surface area contributed by atoms with Crippen LogP contribution in [0, 0.1) is 0 Å². The van der Waals surface area contributed by atoms with Gasteiger partial charge in [-0.25, -0.2) is 18.0 Å². The standard InChI is InChI=1S/C42H70O7S.Na/c1-3-5-7-9-11-13-15-17-19-21-23-25-27-29-31-36-48-41(43)38-34-33-35-39(50(45,46)47)40(38)42(44)49-37-32-30-28-26-24-22-20-18-16-14-12-10-8-6-4-2;/h29-35H,3-28,36-37H2,1-2H3,(H,45,46,47);/q;+1/p-1/b31-29+,32-30+;. The van der Waals surface area contributed by atoms with Gasteiger partial charge in [0.05, 0.1) is 16.0 Å². The van der Waals surface area contributed by atoms with Gasteiger partial charge in [0.2, 0.25) is 0 Å². The predicted molar refractivity (Wildman–Crippen MR) is 205 cm³/mol. The average molecular weight is 741 g/mol. The van der Waals surface area contributed by atoms with Crippen LogP contribution in [0.1, 0.15) is 202 Å². The van der Waals surface area contributed by atoms with Crippen LogP contribution in [-0.2, 0) is 19.6 Å². The minimum absolute atomic E-state index is 0. The van der Waals surface area contributed by atoms with Crippen molar-refractivity contribution in [3.05, 3.63) is 53.6 Å². The van der Waals surface area contributed by atoms with Gasteiger partial charge in [-0.2, -0.15) is 0 Å². The van der Waals surface area contributed by atoms with E-state index in [2.05, 4.69) is 13.8 Å². The Bertz CT molecular complexity index is 1180. The van der Waals surface area contributed by atoms with Crippen molar-refractivity contribution in [2.75, 3.05) is 13.2 Å². The molecule has 286 valence electrons. The maximum atomic E-state index is 12.9. The van der Waals surface area contributed by atoms with E-state index in [1.54, 1.807) is 12.2 Å². The van der Waals surface area contributed by atoms with E-state index in [0.29, 0.717) is 0 Å². The van der Waals surface area contributed by atoms with Crippen LogP contribution < -0.4 is 29.6 Å². The third-order valence-electron chi connectivity index (χ3n) is 9.12. The first-order valence-electron chi connectivity index (χ1n) is 20.1. The van der Waals surface area contributed by atoms with E-state index in [-0.39, 0.29) is 48.3 Å². The maximum Gasteiger partial charge on any atom is 1.00 e. The van der Waals surface area contributed by atoms with Gasteiger partial charge in [-0.3, -0.25) is 0 Å². The number of carbonyl (C=O) groups excluding carboxylic acids is 2. The number of allylic oxidation sites excluding steroid dienone is 2. The van der Waals surface area contributed by atoms with Crippen molar-refractivity contribution in [1.82, 2.24) is 0 Å². The minimum atomic E-state index is -5.04. The molecule has 0 aliphatic carbocycles. The van der Waals surface area contributed by atoms with E-state index in [1.165, 1.54) is 141 Å². The summed E-state index contributed by atoms with van der Waals surface area (Å²) in [6.07, 6.45) is 39.9. The molecule has 1 rings (SSSR count). The summed E-state index contributed by atoms with van der Waals surface area (Å²) in [6.45, 7) is 4.37. The molecule has 0 heterocycles. The fourth-order valence-electron chi connectivity index (χ4n) is 6.10. The molecule has 1 aromatic carbocycles. The normalized spacial score (nSPS) is 11.7. The molecule has 0 saturated heterocycles. The molecule has 1 aromatic rings. The fraction of sp³-hybridized carbons (Fsp3) is 0.714. The Kier molecular flexibility index (Phi) is 33.4. The SMILES string of the molecule is CCCCCCCCCCCCCC/C=C/COC(=O)c1cccc(S(=O)(=O)[O-])c1C(=O)OC/C=C/CCCCCCCCCCCCCC.[Na+]. The molecular formula is C42H69NaO7S. The first-order valence-corrected chi connectivity index (χ1v) is 21.5. The molecule has 0 unspecified atom stereocenters. The van der Waals surface area contributed by atoms with E-state index < -0.39 is 32.5 Å². The second-order valence-corrected chi connectivity index (χ2v) is 15.0. The summed E-state index contributed by atoms with van der Waals surface area (Å²) in [5.41, 5.74) is -0.885. The Balaban J connectivity index is 0.0000250. The molecule has 7 nitrogen and oxygen atoms in total. The molecule has 0 aromatic heterocycles. The van der Waals surface area contributed by atoms with Crippen LogP contribution in [0.5, 0.6) is 0 Å². The van der Waals surface area contributed by atoms with Crippen molar-refractivity contribution in [3.63, 3.8) is 0 Å². The zero-order valence-corrected chi connectivity index (χ0v) is 35.4. The summed E-state index contributed by atoms with van der Waals surface area (Å²) >= 11 is 0. The van der Waals surface area contributed by atoms with Crippen molar-refractivity contribution in [1.29, 1.82) is 0 Å². The Morgan fingerprint density at radius 1 is 0.549 bits per heavy atom. The van der Waals surface area contributed by atoms with Gasteiger partial charge in [0, 0.05) is 0 Å². The van der Waals surface area contributed by atoms with Crippen molar-refractivity contribution in [2.24, 2.45) is 0 Å². The van der Waals surface area contributed by atoms with Crippen molar-refractivity contribution in [2.45, 2.75) is 186 Å². The Morgan fingerprint density at radius 2 is 0.902 bits per heavy atom. The molecule has 0 N–H and O–H groups in total. The van der Waals surface area contributed by atoms with Gasteiger partial charge in [-0.15, -0.1) is 0 Å². The molecule has 0 fully saturated rings. The summed E-state index contributed by atoms with van der Waals surface area (Å²) < 4.78 is 46.3. The number of esters is 2. The molecule has 0 bridgehead atoms. The second kappa shape index (κ2) is 34.3. The minimum Gasteiger partial charge on any atom is -0.744 e. The van der Waals surface area contributed by atoms with Gasteiger partial charge in [-0.05, 0) is 37.8 Å². The molecule has 0 aliphatic rings. The number of unbranched alkanes of at least 4 members (excludes halogenated alkanes) is 24. The van der Waals surface area contributed by atoms with Crippen LogP contribution in [0.25, 0.3) is 0 Å². The van der Waals surface area contributed by atoms with Crippen LogP contribution in [0.4, 0.5) is 0 Å². The molecule has 51 heavy (non-hydrogen) atoms. The van der Waals surface area contributed by atoms with Crippen molar-refractivity contribution in [3.8, 4) is 0 Å². The van der Waals surface area contributed by atoms with Crippen molar-refractivity contribution < 1.29 is 61.6 Å². The number of benzene rings is 1. The van der Waals surface area contributed by atoms with Gasteiger partial charge in [0.25, 0.3) is 0 Å². The molecule has 0 radical (unpaired) electrons. The van der Waals surface area contributed by atoms with Gasteiger partial charge in [0.1, 0.15) is 23.3 Å². The topological polar surface area (TPSA) is 110 Å². The van der Waals surface area contributed by atoms with Crippen LogP contribution >= 0.6 is 0 Å². The number of rotatable bonds is 33. The van der Waals surface area contributed by atoms with Crippen LogP contribution in [0.15, 0.2) is 47.4 Å². The second-order valence-electron chi connectivity index (χ2n) is 13.6. The summed E-state index contributed by atoms with van der Waals surface area (Å²) in [4.78, 5) is 25.0. The first-order chi connectivity index (χ1) is 24.3. The molecule has 0 atom stereocenters.